The van der Waals surface area contributed by atoms with Gasteiger partial charge in [0.25, 0.3) is 5.91 Å². The molecule has 5 nitrogen and oxygen atoms in total. The highest BCUT2D eigenvalue weighted by atomic mass is 16.3. The van der Waals surface area contributed by atoms with Crippen LogP contribution in [-0.4, -0.2) is 47.7 Å². The number of amides is 1. The zero-order valence-electron chi connectivity index (χ0n) is 13.0. The van der Waals surface area contributed by atoms with E-state index in [0.29, 0.717) is 23.8 Å². The summed E-state index contributed by atoms with van der Waals surface area (Å²) in [6.07, 6.45) is 8.27. The van der Waals surface area contributed by atoms with Crippen LogP contribution in [0, 0.1) is 5.92 Å². The zero-order valence-corrected chi connectivity index (χ0v) is 13.0. The Morgan fingerprint density at radius 2 is 2.05 bits per heavy atom. The lowest BCUT2D eigenvalue weighted by Gasteiger charge is -2.38. The fourth-order valence-electron chi connectivity index (χ4n) is 3.75. The maximum Gasteiger partial charge on any atom is 0.289 e. The lowest BCUT2D eigenvalue weighted by molar-refractivity contribution is 0.0656. The molecule has 2 N–H and O–H groups in total. The van der Waals surface area contributed by atoms with Crippen molar-refractivity contribution in [1.29, 1.82) is 0 Å². The quantitative estimate of drug-likeness (QED) is 0.893. The monoisotopic (exact) mass is 306 g/mol. The van der Waals surface area contributed by atoms with Crippen LogP contribution in [0.5, 0.6) is 0 Å². The number of rotatable bonds is 4. The molecule has 2 fully saturated rings. The molecule has 2 heterocycles. The molecule has 2 aliphatic rings. The van der Waals surface area contributed by atoms with Crippen molar-refractivity contribution in [3.05, 3.63) is 24.2 Å². The van der Waals surface area contributed by atoms with Crippen LogP contribution in [0.2, 0.25) is 0 Å². The normalized spacial score (nSPS) is 27.0. The highest BCUT2D eigenvalue weighted by molar-refractivity contribution is 5.91. The van der Waals surface area contributed by atoms with Crippen LogP contribution >= 0.6 is 0 Å². The zero-order chi connectivity index (χ0) is 15.4. The molecular formula is C17H26N2O3. The van der Waals surface area contributed by atoms with Gasteiger partial charge in [-0.3, -0.25) is 4.79 Å². The molecule has 1 amide bonds. The number of aliphatic hydroxyl groups excluding tert-OH is 1. The van der Waals surface area contributed by atoms with Crippen molar-refractivity contribution in [2.75, 3.05) is 19.7 Å². The maximum absolute atomic E-state index is 12.2. The van der Waals surface area contributed by atoms with Crippen molar-refractivity contribution in [2.45, 2.75) is 50.6 Å². The van der Waals surface area contributed by atoms with Crippen LogP contribution < -0.4 is 5.32 Å². The van der Waals surface area contributed by atoms with Gasteiger partial charge in [0.15, 0.2) is 5.76 Å². The van der Waals surface area contributed by atoms with Crippen molar-refractivity contribution in [3.8, 4) is 0 Å². The molecule has 1 aromatic rings. The Kier molecular flexibility index (Phi) is 5.16. The van der Waals surface area contributed by atoms with Crippen molar-refractivity contribution in [1.82, 2.24) is 10.2 Å². The molecule has 1 saturated heterocycles. The van der Waals surface area contributed by atoms with Gasteiger partial charge >= 0.3 is 0 Å². The third-order valence-electron chi connectivity index (χ3n) is 5.11. The molecule has 1 aliphatic heterocycles. The second-order valence-electron chi connectivity index (χ2n) is 6.54. The Morgan fingerprint density at radius 1 is 1.27 bits per heavy atom. The first-order valence-electron chi connectivity index (χ1n) is 8.47. The van der Waals surface area contributed by atoms with E-state index in [-0.39, 0.29) is 12.5 Å². The van der Waals surface area contributed by atoms with Gasteiger partial charge in [0.05, 0.1) is 6.26 Å². The first-order valence-corrected chi connectivity index (χ1v) is 8.47. The summed E-state index contributed by atoms with van der Waals surface area (Å²) < 4.78 is 5.19. The van der Waals surface area contributed by atoms with Gasteiger partial charge in [-0.15, -0.1) is 0 Å². The third kappa shape index (κ3) is 3.52. The lowest BCUT2D eigenvalue weighted by Crippen LogP contribution is -2.50. The molecule has 0 aromatic carbocycles. The van der Waals surface area contributed by atoms with Gasteiger partial charge in [-0.05, 0) is 43.7 Å². The smallest absolute Gasteiger partial charge is 0.289 e. The molecule has 0 spiro atoms. The minimum absolute atomic E-state index is 0.00523. The summed E-state index contributed by atoms with van der Waals surface area (Å²) in [5.41, 5.74) is 0. The van der Waals surface area contributed by atoms with Crippen LogP contribution in [0.3, 0.4) is 0 Å². The van der Waals surface area contributed by atoms with Crippen molar-refractivity contribution < 1.29 is 14.3 Å². The summed E-state index contributed by atoms with van der Waals surface area (Å²) in [7, 11) is 0. The van der Waals surface area contributed by atoms with Crippen molar-refractivity contribution in [2.24, 2.45) is 5.92 Å². The Morgan fingerprint density at radius 3 is 2.73 bits per heavy atom. The van der Waals surface area contributed by atoms with E-state index in [0.717, 1.165) is 38.8 Å². The van der Waals surface area contributed by atoms with Crippen LogP contribution in [0.1, 0.15) is 49.1 Å². The number of likely N-dealkylation sites (tertiary alicyclic amines) is 1. The highest BCUT2D eigenvalue weighted by Crippen LogP contribution is 2.25. The van der Waals surface area contributed by atoms with Gasteiger partial charge < -0.3 is 19.7 Å². The molecule has 1 saturated carbocycles. The van der Waals surface area contributed by atoms with E-state index in [2.05, 4.69) is 5.32 Å². The second-order valence-corrected chi connectivity index (χ2v) is 6.54. The van der Waals surface area contributed by atoms with Gasteiger partial charge in [-0.25, -0.2) is 0 Å². The fraction of sp³-hybridized carbons (Fsp3) is 0.706. The number of hydrogen-bond donors (Lipinski definition) is 2. The standard InChI is InChI=1S/C17H26N2O3/c20-12-13-4-1-2-5-15(13)18-14-7-9-19(10-8-14)17(21)16-6-3-11-22-16/h3,6,11,13-15,18,20H,1-2,4-5,7-10,12H2. The summed E-state index contributed by atoms with van der Waals surface area (Å²) in [4.78, 5) is 14.1. The van der Waals surface area contributed by atoms with Crippen LogP contribution in [0.25, 0.3) is 0 Å². The third-order valence-corrected chi connectivity index (χ3v) is 5.11. The Balaban J connectivity index is 1.48. The molecule has 1 aromatic heterocycles. The average Bonchev–Trinajstić information content (AvgIpc) is 3.10. The molecule has 22 heavy (non-hydrogen) atoms. The number of piperidine rings is 1. The predicted molar refractivity (Wildman–Crippen MR) is 83.6 cm³/mol. The van der Waals surface area contributed by atoms with E-state index in [1.165, 1.54) is 12.8 Å². The number of nitrogens with zero attached hydrogens (tertiary/aromatic N) is 1. The van der Waals surface area contributed by atoms with E-state index >= 15 is 0 Å². The minimum atomic E-state index is -0.00523. The topological polar surface area (TPSA) is 65.7 Å². The van der Waals surface area contributed by atoms with E-state index in [1.54, 1.807) is 18.4 Å². The number of nitrogens with one attached hydrogen (secondary N) is 1. The van der Waals surface area contributed by atoms with Crippen LogP contribution in [0.4, 0.5) is 0 Å². The maximum atomic E-state index is 12.2. The summed E-state index contributed by atoms with van der Waals surface area (Å²) >= 11 is 0. The Hall–Kier alpha value is -1.33. The lowest BCUT2D eigenvalue weighted by atomic mass is 9.84. The Labute approximate surface area is 131 Å². The van der Waals surface area contributed by atoms with Crippen molar-refractivity contribution in [3.63, 3.8) is 0 Å². The number of carbonyl (C=O) groups is 1. The molecular weight excluding hydrogens is 280 g/mol. The van der Waals surface area contributed by atoms with Gasteiger partial charge in [0.1, 0.15) is 0 Å². The molecule has 1 aliphatic carbocycles. The summed E-state index contributed by atoms with van der Waals surface area (Å²) in [5, 5.41) is 13.2. The molecule has 2 unspecified atom stereocenters. The summed E-state index contributed by atoms with van der Waals surface area (Å²) in [6.45, 7) is 1.83. The fourth-order valence-corrected chi connectivity index (χ4v) is 3.75. The molecule has 0 bridgehead atoms. The number of furan rings is 1. The highest BCUT2D eigenvalue weighted by Gasteiger charge is 2.29. The van der Waals surface area contributed by atoms with Gasteiger partial charge in [-0.2, -0.15) is 0 Å². The number of aliphatic hydroxyl groups is 1. The van der Waals surface area contributed by atoms with Gasteiger partial charge in [0.2, 0.25) is 0 Å². The SMILES string of the molecule is O=C(c1ccco1)N1CCC(NC2CCCCC2CO)CC1. The first-order chi connectivity index (χ1) is 10.8. The molecule has 2 atom stereocenters. The van der Waals surface area contributed by atoms with E-state index in [9.17, 15) is 9.90 Å². The minimum Gasteiger partial charge on any atom is -0.459 e. The number of carbonyl (C=O) groups excluding carboxylic acids is 1. The van der Waals surface area contributed by atoms with Crippen molar-refractivity contribution >= 4 is 5.91 Å². The molecule has 5 heteroatoms. The first kappa shape index (κ1) is 15.6. The summed E-state index contributed by atoms with van der Waals surface area (Å²) in [5.74, 6) is 0.824. The summed E-state index contributed by atoms with van der Waals surface area (Å²) in [6, 6.07) is 4.37. The number of hydrogen-bond acceptors (Lipinski definition) is 4. The van der Waals surface area contributed by atoms with E-state index in [4.69, 9.17) is 4.42 Å². The molecule has 0 radical (unpaired) electrons. The van der Waals surface area contributed by atoms with E-state index in [1.807, 2.05) is 4.90 Å². The average molecular weight is 306 g/mol. The predicted octanol–water partition coefficient (Wildman–Crippen LogP) is 2.02. The van der Waals surface area contributed by atoms with E-state index < -0.39 is 0 Å². The largest absolute Gasteiger partial charge is 0.459 e. The second kappa shape index (κ2) is 7.29. The Bertz CT molecular complexity index is 466. The van der Waals surface area contributed by atoms with Gasteiger partial charge in [0, 0.05) is 31.8 Å². The molecule has 3 rings (SSSR count). The van der Waals surface area contributed by atoms with Gasteiger partial charge in [-0.1, -0.05) is 12.8 Å². The van der Waals surface area contributed by atoms with Crippen LogP contribution in [0.15, 0.2) is 22.8 Å². The van der Waals surface area contributed by atoms with Crippen LogP contribution in [-0.2, 0) is 0 Å². The molecule has 122 valence electrons.